The minimum Gasteiger partial charge on any atom is -0.504 e. The third-order valence-corrected chi connectivity index (χ3v) is 4.90. The molecular formula is C17H16O6. The van der Waals surface area contributed by atoms with E-state index in [0.29, 0.717) is 22.3 Å². The highest BCUT2D eigenvalue weighted by Gasteiger charge is 2.53. The first kappa shape index (κ1) is 14.4. The maximum absolute atomic E-state index is 11.9. The fraction of sp³-hybridized carbons (Fsp3) is 0.353. The number of carbonyl (C=O) groups is 1. The van der Waals surface area contributed by atoms with Crippen LogP contribution in [0.2, 0.25) is 0 Å². The first-order valence-electron chi connectivity index (χ1n) is 7.33. The maximum atomic E-state index is 11.9. The smallest absolute Gasteiger partial charge is 0.189 e. The molecule has 0 bridgehead atoms. The van der Waals surface area contributed by atoms with Crippen LogP contribution in [0.25, 0.3) is 5.57 Å². The number of fused-ring (bicyclic) bond motifs is 4. The fourth-order valence-corrected chi connectivity index (χ4v) is 3.74. The molecule has 4 N–H and O–H groups in total. The molecule has 1 aromatic rings. The average Bonchev–Trinajstić information content (AvgIpc) is 2.75. The van der Waals surface area contributed by atoms with Crippen molar-refractivity contribution in [3.63, 3.8) is 0 Å². The van der Waals surface area contributed by atoms with Crippen LogP contribution in [0.5, 0.6) is 11.5 Å². The monoisotopic (exact) mass is 316 g/mol. The summed E-state index contributed by atoms with van der Waals surface area (Å²) in [6, 6.07) is 2.81. The van der Waals surface area contributed by atoms with Gasteiger partial charge >= 0.3 is 0 Å². The Bertz CT molecular complexity index is 804. The molecule has 0 aromatic heterocycles. The minimum atomic E-state index is -1.71. The summed E-state index contributed by atoms with van der Waals surface area (Å²) in [5.41, 5.74) is -0.689. The summed E-state index contributed by atoms with van der Waals surface area (Å²) in [6.45, 7) is 1.31. The number of benzene rings is 1. The quantitative estimate of drug-likeness (QED) is 0.517. The van der Waals surface area contributed by atoms with Crippen LogP contribution < -0.4 is 0 Å². The Balaban J connectivity index is 2.00. The maximum Gasteiger partial charge on any atom is 0.189 e. The predicted molar refractivity (Wildman–Crippen MR) is 79.9 cm³/mol. The van der Waals surface area contributed by atoms with Gasteiger partial charge in [-0.3, -0.25) is 4.79 Å². The van der Waals surface area contributed by atoms with Crippen molar-refractivity contribution in [2.24, 2.45) is 0 Å². The van der Waals surface area contributed by atoms with Crippen molar-refractivity contribution in [1.82, 2.24) is 0 Å². The average molecular weight is 316 g/mol. The zero-order valence-electron chi connectivity index (χ0n) is 12.4. The van der Waals surface area contributed by atoms with Crippen molar-refractivity contribution in [2.75, 3.05) is 6.61 Å². The molecule has 4 rings (SSSR count). The van der Waals surface area contributed by atoms with Crippen LogP contribution >= 0.6 is 0 Å². The van der Waals surface area contributed by atoms with Gasteiger partial charge < -0.3 is 25.2 Å². The van der Waals surface area contributed by atoms with Crippen LogP contribution in [0.4, 0.5) is 0 Å². The molecule has 3 atom stereocenters. The van der Waals surface area contributed by atoms with Crippen LogP contribution in [-0.2, 0) is 16.0 Å². The number of hydrogen-bond acceptors (Lipinski definition) is 6. The Morgan fingerprint density at radius 1 is 1.17 bits per heavy atom. The van der Waals surface area contributed by atoms with E-state index >= 15 is 0 Å². The van der Waals surface area contributed by atoms with E-state index < -0.39 is 23.1 Å². The molecule has 23 heavy (non-hydrogen) atoms. The fourth-order valence-electron chi connectivity index (χ4n) is 3.74. The van der Waals surface area contributed by atoms with Gasteiger partial charge in [0.05, 0.1) is 6.61 Å². The van der Waals surface area contributed by atoms with Gasteiger partial charge in [0.15, 0.2) is 22.9 Å². The molecule has 3 unspecified atom stereocenters. The lowest BCUT2D eigenvalue weighted by atomic mass is 9.76. The molecule has 0 spiro atoms. The first-order valence-corrected chi connectivity index (χ1v) is 7.33. The summed E-state index contributed by atoms with van der Waals surface area (Å²) in [7, 11) is 0. The van der Waals surface area contributed by atoms with Gasteiger partial charge in [0.1, 0.15) is 11.7 Å². The molecule has 3 aliphatic rings. The van der Waals surface area contributed by atoms with Gasteiger partial charge in [0.2, 0.25) is 0 Å². The lowest BCUT2D eigenvalue weighted by molar-refractivity contribution is -0.152. The lowest BCUT2D eigenvalue weighted by Gasteiger charge is -2.42. The highest BCUT2D eigenvalue weighted by molar-refractivity contribution is 6.01. The lowest BCUT2D eigenvalue weighted by Crippen LogP contribution is -2.55. The zero-order chi connectivity index (χ0) is 16.6. The zero-order valence-corrected chi connectivity index (χ0v) is 12.4. The molecule has 0 radical (unpaired) electrons. The van der Waals surface area contributed by atoms with E-state index in [0.717, 1.165) is 0 Å². The van der Waals surface area contributed by atoms with Crippen molar-refractivity contribution in [2.45, 2.75) is 30.7 Å². The van der Waals surface area contributed by atoms with Gasteiger partial charge in [-0.2, -0.15) is 0 Å². The van der Waals surface area contributed by atoms with Crippen molar-refractivity contribution >= 4 is 11.4 Å². The van der Waals surface area contributed by atoms with Crippen LogP contribution in [0.1, 0.15) is 18.1 Å². The topological polar surface area (TPSA) is 107 Å². The molecule has 2 aliphatic carbocycles. The number of ether oxygens (including phenoxy) is 1. The summed E-state index contributed by atoms with van der Waals surface area (Å²) in [4.78, 5) is 11.9. The van der Waals surface area contributed by atoms with E-state index in [1.807, 2.05) is 0 Å². The second-order valence-electron chi connectivity index (χ2n) is 6.57. The van der Waals surface area contributed by atoms with Gasteiger partial charge in [0.25, 0.3) is 0 Å². The van der Waals surface area contributed by atoms with E-state index in [-0.39, 0.29) is 24.5 Å². The van der Waals surface area contributed by atoms with Crippen LogP contribution in [0.3, 0.4) is 0 Å². The number of ketones is 1. The molecule has 0 saturated carbocycles. The van der Waals surface area contributed by atoms with Crippen LogP contribution in [-0.4, -0.2) is 50.1 Å². The largest absolute Gasteiger partial charge is 0.504 e. The van der Waals surface area contributed by atoms with Gasteiger partial charge in [-0.15, -0.1) is 0 Å². The van der Waals surface area contributed by atoms with Gasteiger partial charge in [-0.05, 0) is 47.4 Å². The third kappa shape index (κ3) is 1.77. The SMILES string of the molecule is CC1(O)C(=O)C=CC2=C3c4cc(O)c(O)cc4CC3(O)COC21. The van der Waals surface area contributed by atoms with E-state index in [9.17, 15) is 25.2 Å². The molecule has 1 heterocycles. The normalized spacial score (nSPS) is 35.1. The second-order valence-corrected chi connectivity index (χ2v) is 6.57. The Morgan fingerprint density at radius 2 is 1.87 bits per heavy atom. The molecule has 0 fully saturated rings. The Labute approximate surface area is 132 Å². The molecule has 6 nitrogen and oxygen atoms in total. The second kappa shape index (κ2) is 4.23. The van der Waals surface area contributed by atoms with E-state index in [1.165, 1.54) is 25.1 Å². The number of aliphatic hydroxyl groups is 2. The Kier molecular flexibility index (Phi) is 2.65. The minimum absolute atomic E-state index is 0.0794. The Morgan fingerprint density at radius 3 is 2.61 bits per heavy atom. The third-order valence-electron chi connectivity index (χ3n) is 4.90. The molecule has 120 valence electrons. The van der Waals surface area contributed by atoms with Crippen LogP contribution in [0, 0.1) is 0 Å². The number of carbonyl (C=O) groups excluding carboxylic acids is 1. The number of phenols is 2. The molecule has 0 saturated heterocycles. The summed E-state index contributed by atoms with van der Waals surface area (Å²) in [5.74, 6) is -0.994. The summed E-state index contributed by atoms with van der Waals surface area (Å²) in [5, 5.41) is 40.9. The highest BCUT2D eigenvalue weighted by Crippen LogP contribution is 2.50. The van der Waals surface area contributed by atoms with Gasteiger partial charge in [0, 0.05) is 6.42 Å². The van der Waals surface area contributed by atoms with E-state index in [2.05, 4.69) is 0 Å². The standard InChI is InChI=1S/C17H16O6/c1-16(21)13(20)3-2-9-14-10-5-12(19)11(18)4-8(10)6-17(14,22)7-23-15(9)16/h2-5,15,18-19,21-22H,6-7H2,1H3. The summed E-state index contributed by atoms with van der Waals surface area (Å²) >= 11 is 0. The highest BCUT2D eigenvalue weighted by atomic mass is 16.5. The van der Waals surface area contributed by atoms with Crippen LogP contribution in [0.15, 0.2) is 29.9 Å². The van der Waals surface area contributed by atoms with Crippen molar-refractivity contribution in [3.8, 4) is 11.5 Å². The van der Waals surface area contributed by atoms with E-state index in [1.54, 1.807) is 6.08 Å². The molecule has 6 heteroatoms. The van der Waals surface area contributed by atoms with Gasteiger partial charge in [-0.1, -0.05) is 6.08 Å². The van der Waals surface area contributed by atoms with Crippen molar-refractivity contribution in [3.05, 3.63) is 41.0 Å². The number of rotatable bonds is 0. The number of phenolic OH excluding ortho intramolecular Hbond substituents is 2. The number of hydrogen-bond donors (Lipinski definition) is 4. The first-order chi connectivity index (χ1) is 10.7. The predicted octanol–water partition coefficient (Wildman–Crippen LogP) is 0.427. The summed E-state index contributed by atoms with van der Waals surface area (Å²) < 4.78 is 5.62. The molecule has 1 aliphatic heterocycles. The Hall–Kier alpha value is -2.15. The van der Waals surface area contributed by atoms with Crippen molar-refractivity contribution < 1.29 is 30.0 Å². The van der Waals surface area contributed by atoms with E-state index in [4.69, 9.17) is 4.74 Å². The molecule has 0 amide bonds. The summed E-state index contributed by atoms with van der Waals surface area (Å²) in [6.07, 6.45) is 2.17. The molecule has 1 aromatic carbocycles. The van der Waals surface area contributed by atoms with Crippen molar-refractivity contribution in [1.29, 1.82) is 0 Å². The van der Waals surface area contributed by atoms with Gasteiger partial charge in [-0.25, -0.2) is 0 Å². The number of aromatic hydroxyl groups is 2. The molecular weight excluding hydrogens is 300 g/mol.